The number of aliphatic hydroxyl groups excluding tert-OH is 1. The molecule has 1 amide bonds. The molecule has 0 radical (unpaired) electrons. The van der Waals surface area contributed by atoms with Gasteiger partial charge in [-0.2, -0.15) is 0 Å². The lowest BCUT2D eigenvalue weighted by atomic mass is 10.1. The molecular weight excluding hydrogens is 513 g/mol. The van der Waals surface area contributed by atoms with Gasteiger partial charge in [0.15, 0.2) is 0 Å². The molecule has 0 bridgehead atoms. The van der Waals surface area contributed by atoms with E-state index in [2.05, 4.69) is 15.6 Å². The highest BCUT2D eigenvalue weighted by molar-refractivity contribution is 7.91. The summed E-state index contributed by atoms with van der Waals surface area (Å²) in [7, 11) is -2.45. The second-order valence-corrected chi connectivity index (χ2v) is 9.56. The van der Waals surface area contributed by atoms with Crippen LogP contribution in [0.25, 0.3) is 0 Å². The number of aliphatic hydroxyl groups is 1. The van der Waals surface area contributed by atoms with Gasteiger partial charge in [-0.25, -0.2) is 8.42 Å². The van der Waals surface area contributed by atoms with Crippen LogP contribution in [0, 0.1) is 6.92 Å². The first-order valence-corrected chi connectivity index (χ1v) is 11.9. The number of carbonyl (C=O) groups is 1. The lowest BCUT2D eigenvalue weighted by molar-refractivity contribution is 0.0960. The summed E-state index contributed by atoms with van der Waals surface area (Å²) in [6.45, 7) is 2.87. The highest BCUT2D eigenvalue weighted by Crippen LogP contribution is 2.26. The normalized spacial score (nSPS) is 11.6. The van der Waals surface area contributed by atoms with Crippen LogP contribution < -0.4 is 10.6 Å². The number of nitrogens with one attached hydrogen (secondary N) is 2. The molecule has 3 rings (SSSR count). The van der Waals surface area contributed by atoms with E-state index >= 15 is 0 Å². The predicted octanol–water partition coefficient (Wildman–Crippen LogP) is 3.00. The lowest BCUT2D eigenvalue weighted by Gasteiger charge is -2.12. The SMILES string of the molecule is CNC(=O)c1cc(S(=O)(=O)c2ccc(CCNC[C@H](O)c3ccc(C)nc3)cc2)ccc1O.Cl.Cl. The highest BCUT2D eigenvalue weighted by Gasteiger charge is 2.21. The number of benzene rings is 2. The van der Waals surface area contributed by atoms with Crippen molar-refractivity contribution in [3.05, 3.63) is 83.2 Å². The summed E-state index contributed by atoms with van der Waals surface area (Å²) in [5.41, 5.74) is 2.47. The van der Waals surface area contributed by atoms with E-state index < -0.39 is 21.8 Å². The largest absolute Gasteiger partial charge is 0.507 e. The number of aryl methyl sites for hydroxylation is 1. The third-order valence-corrected chi connectivity index (χ3v) is 7.00. The van der Waals surface area contributed by atoms with Crippen LogP contribution in [0.4, 0.5) is 0 Å². The van der Waals surface area contributed by atoms with Crippen LogP contribution in [0.5, 0.6) is 5.75 Å². The van der Waals surface area contributed by atoms with Gasteiger partial charge in [-0.15, -0.1) is 24.8 Å². The zero-order chi connectivity index (χ0) is 24.0. The van der Waals surface area contributed by atoms with E-state index in [-0.39, 0.29) is 45.9 Å². The summed E-state index contributed by atoms with van der Waals surface area (Å²) < 4.78 is 25.9. The molecule has 0 fully saturated rings. The summed E-state index contributed by atoms with van der Waals surface area (Å²) in [4.78, 5) is 16.1. The van der Waals surface area contributed by atoms with Gasteiger partial charge in [-0.05, 0) is 61.9 Å². The van der Waals surface area contributed by atoms with E-state index in [1.807, 2.05) is 19.1 Å². The number of nitrogens with zero attached hydrogens (tertiary/aromatic N) is 1. The molecule has 1 aromatic heterocycles. The number of rotatable bonds is 9. The van der Waals surface area contributed by atoms with Crippen molar-refractivity contribution in [3.63, 3.8) is 0 Å². The Hall–Kier alpha value is -2.69. The first-order valence-electron chi connectivity index (χ1n) is 10.4. The van der Waals surface area contributed by atoms with E-state index in [1.54, 1.807) is 18.3 Å². The molecule has 8 nitrogen and oxygen atoms in total. The van der Waals surface area contributed by atoms with Crippen molar-refractivity contribution in [2.45, 2.75) is 29.2 Å². The maximum atomic E-state index is 13.0. The molecule has 0 spiro atoms. The average molecular weight is 542 g/mol. The Kier molecular flexibility index (Phi) is 11.6. The second kappa shape index (κ2) is 13.4. The fourth-order valence-electron chi connectivity index (χ4n) is 3.24. The molecule has 0 aliphatic heterocycles. The van der Waals surface area contributed by atoms with Gasteiger partial charge in [-0.3, -0.25) is 9.78 Å². The zero-order valence-electron chi connectivity index (χ0n) is 19.3. The second-order valence-electron chi connectivity index (χ2n) is 7.61. The van der Waals surface area contributed by atoms with E-state index in [1.165, 1.54) is 31.3 Å². The summed E-state index contributed by atoms with van der Waals surface area (Å²) in [5.74, 6) is -0.865. The third-order valence-electron chi connectivity index (χ3n) is 5.23. The summed E-state index contributed by atoms with van der Waals surface area (Å²) in [5, 5.41) is 25.6. The number of phenolic OH excluding ortho intramolecular Hbond substituents is 1. The molecule has 3 aromatic rings. The third kappa shape index (κ3) is 7.65. The summed E-state index contributed by atoms with van der Waals surface area (Å²) >= 11 is 0. The number of aromatic nitrogens is 1. The molecule has 11 heteroatoms. The fourth-order valence-corrected chi connectivity index (χ4v) is 4.52. The minimum Gasteiger partial charge on any atom is -0.507 e. The molecule has 1 atom stereocenters. The maximum Gasteiger partial charge on any atom is 0.254 e. The number of phenols is 1. The van der Waals surface area contributed by atoms with Crippen molar-refractivity contribution >= 4 is 40.6 Å². The van der Waals surface area contributed by atoms with Gasteiger partial charge < -0.3 is 20.8 Å². The first-order chi connectivity index (χ1) is 15.7. The van der Waals surface area contributed by atoms with Crippen LogP contribution >= 0.6 is 24.8 Å². The zero-order valence-corrected chi connectivity index (χ0v) is 21.7. The van der Waals surface area contributed by atoms with Crippen molar-refractivity contribution in [1.82, 2.24) is 15.6 Å². The van der Waals surface area contributed by atoms with Gasteiger partial charge in [0.25, 0.3) is 5.91 Å². The minimum absolute atomic E-state index is 0. The number of pyridine rings is 1. The van der Waals surface area contributed by atoms with Crippen LogP contribution in [0.3, 0.4) is 0 Å². The van der Waals surface area contributed by atoms with Gasteiger partial charge in [-0.1, -0.05) is 18.2 Å². The Morgan fingerprint density at radius 1 is 1.03 bits per heavy atom. The van der Waals surface area contributed by atoms with Gasteiger partial charge in [0.05, 0.1) is 21.5 Å². The molecule has 0 aliphatic rings. The molecule has 190 valence electrons. The number of carbonyl (C=O) groups excluding carboxylic acids is 1. The van der Waals surface area contributed by atoms with Gasteiger partial charge in [0.1, 0.15) is 5.75 Å². The van der Waals surface area contributed by atoms with E-state index in [4.69, 9.17) is 0 Å². The molecule has 0 unspecified atom stereocenters. The van der Waals surface area contributed by atoms with Gasteiger partial charge in [0.2, 0.25) is 9.84 Å². The van der Waals surface area contributed by atoms with Crippen molar-refractivity contribution in [2.75, 3.05) is 20.1 Å². The number of sulfone groups is 1. The Balaban J connectivity index is 0.00000306. The Bertz CT molecular complexity index is 1220. The van der Waals surface area contributed by atoms with Crippen LogP contribution in [0.1, 0.15) is 33.3 Å². The van der Waals surface area contributed by atoms with Gasteiger partial charge in [0, 0.05) is 31.0 Å². The monoisotopic (exact) mass is 541 g/mol. The number of hydrogen-bond acceptors (Lipinski definition) is 7. The van der Waals surface area contributed by atoms with Crippen LogP contribution in [0.2, 0.25) is 0 Å². The number of aromatic hydroxyl groups is 1. The Morgan fingerprint density at radius 2 is 1.69 bits per heavy atom. The van der Waals surface area contributed by atoms with Crippen LogP contribution in [-0.4, -0.2) is 49.7 Å². The highest BCUT2D eigenvalue weighted by atomic mass is 35.5. The molecular formula is C24H29Cl2N3O5S. The molecule has 1 heterocycles. The van der Waals surface area contributed by atoms with Crippen molar-refractivity contribution in [2.24, 2.45) is 0 Å². The van der Waals surface area contributed by atoms with Gasteiger partial charge >= 0.3 is 0 Å². The standard InChI is InChI=1S/C24H27N3O5S.2ClH/c1-16-3-6-18(14-27-16)23(29)15-26-12-11-17-4-7-19(8-5-17)33(31,32)20-9-10-22(28)21(13-20)24(30)25-2;;/h3-10,13-14,23,26,28-29H,11-12,15H2,1-2H3,(H,25,30);2*1H/t23-;;/m0../s1. The van der Waals surface area contributed by atoms with E-state index in [0.29, 0.717) is 19.5 Å². The first kappa shape index (κ1) is 30.3. The van der Waals surface area contributed by atoms with Crippen molar-refractivity contribution in [3.8, 4) is 5.75 Å². The van der Waals surface area contributed by atoms with Crippen LogP contribution in [-0.2, 0) is 16.3 Å². The number of halogens is 2. The smallest absolute Gasteiger partial charge is 0.254 e. The van der Waals surface area contributed by atoms with Crippen LogP contribution in [0.15, 0.2) is 70.6 Å². The summed E-state index contributed by atoms with van der Waals surface area (Å²) in [6, 6.07) is 13.8. The predicted molar refractivity (Wildman–Crippen MR) is 138 cm³/mol. The molecule has 0 saturated heterocycles. The molecule has 35 heavy (non-hydrogen) atoms. The Morgan fingerprint density at radius 3 is 2.29 bits per heavy atom. The topological polar surface area (TPSA) is 129 Å². The number of hydrogen-bond donors (Lipinski definition) is 4. The molecule has 2 aromatic carbocycles. The fraction of sp³-hybridized carbons (Fsp3) is 0.250. The Labute approximate surface area is 217 Å². The van der Waals surface area contributed by atoms with E-state index in [9.17, 15) is 23.4 Å². The van der Waals surface area contributed by atoms with E-state index in [0.717, 1.165) is 22.9 Å². The van der Waals surface area contributed by atoms with Crippen molar-refractivity contribution < 1.29 is 23.4 Å². The quantitative estimate of drug-likeness (QED) is 0.306. The average Bonchev–Trinajstić information content (AvgIpc) is 2.82. The van der Waals surface area contributed by atoms with Crippen molar-refractivity contribution in [1.29, 1.82) is 0 Å². The summed E-state index contributed by atoms with van der Waals surface area (Å²) in [6.07, 6.45) is 1.65. The number of amides is 1. The molecule has 0 saturated carbocycles. The maximum absolute atomic E-state index is 13.0. The minimum atomic E-state index is -3.85. The molecule has 0 aliphatic carbocycles. The molecule has 4 N–H and O–H groups in total. The lowest BCUT2D eigenvalue weighted by Crippen LogP contribution is -2.23.